The predicted molar refractivity (Wildman–Crippen MR) is 126 cm³/mol. The lowest BCUT2D eigenvalue weighted by Gasteiger charge is -2.14. The highest BCUT2D eigenvalue weighted by Gasteiger charge is 2.23. The fourth-order valence-corrected chi connectivity index (χ4v) is 4.83. The van der Waals surface area contributed by atoms with Gasteiger partial charge < -0.3 is 10.1 Å². The first-order valence-corrected chi connectivity index (χ1v) is 11.8. The van der Waals surface area contributed by atoms with Crippen LogP contribution < -0.4 is 14.9 Å². The smallest absolute Gasteiger partial charge is 0.414 e. The van der Waals surface area contributed by atoms with Gasteiger partial charge in [0, 0.05) is 22.6 Å². The molecule has 3 aromatic carbocycles. The minimum absolute atomic E-state index is 0.0738. The zero-order chi connectivity index (χ0) is 23.6. The van der Waals surface area contributed by atoms with Gasteiger partial charge in [-0.3, -0.25) is 14.4 Å². The molecule has 1 aliphatic rings. The number of cyclic esters (lactones) is 1. The van der Waals surface area contributed by atoms with Crippen LogP contribution in [-0.2, 0) is 14.8 Å². The number of anilines is 3. The van der Waals surface area contributed by atoms with Crippen LogP contribution in [0.4, 0.5) is 21.9 Å². The van der Waals surface area contributed by atoms with Gasteiger partial charge in [0.05, 0.1) is 11.4 Å². The normalized spacial score (nSPS) is 13.5. The molecule has 9 heteroatoms. The third-order valence-corrected chi connectivity index (χ3v) is 6.73. The summed E-state index contributed by atoms with van der Waals surface area (Å²) in [6, 6.07) is 18.3. The molecule has 33 heavy (non-hydrogen) atoms. The largest absolute Gasteiger partial charge is 0.447 e. The van der Waals surface area contributed by atoms with Crippen molar-refractivity contribution in [2.45, 2.75) is 18.7 Å². The highest BCUT2D eigenvalue weighted by atomic mass is 32.2. The molecule has 8 nitrogen and oxygen atoms in total. The summed E-state index contributed by atoms with van der Waals surface area (Å²) in [5.41, 5.74) is 3.30. The van der Waals surface area contributed by atoms with Crippen LogP contribution in [0.5, 0.6) is 0 Å². The topological polar surface area (TPSA) is 105 Å². The number of nitrogens with zero attached hydrogens (tertiary/aromatic N) is 1. The summed E-state index contributed by atoms with van der Waals surface area (Å²) in [5, 5.41) is 2.73. The molecule has 0 spiro atoms. The van der Waals surface area contributed by atoms with Crippen LogP contribution in [0.15, 0.2) is 71.6 Å². The van der Waals surface area contributed by atoms with Crippen molar-refractivity contribution in [3.63, 3.8) is 0 Å². The third-order valence-electron chi connectivity index (χ3n) is 5.21. The second kappa shape index (κ2) is 8.95. The van der Waals surface area contributed by atoms with E-state index < -0.39 is 22.0 Å². The number of nitrogens with one attached hydrogen (secondary N) is 2. The number of benzene rings is 3. The summed E-state index contributed by atoms with van der Waals surface area (Å²) in [7, 11) is -3.85. The Morgan fingerprint density at radius 1 is 0.970 bits per heavy atom. The standard InChI is InChI=1S/C24H23N3O5S/c1-16-4-3-5-20(14-16)26-33(30,31)22-15-19(9-6-17(22)2)25-23(28)18-7-10-21(11-8-18)27-12-13-32-24(27)29/h3-11,14-15,26H,12-13H2,1-2H3,(H,25,28). The minimum atomic E-state index is -3.85. The maximum Gasteiger partial charge on any atom is 0.414 e. The second-order valence-electron chi connectivity index (χ2n) is 7.72. The fraction of sp³-hybridized carbons (Fsp3) is 0.167. The van der Waals surface area contributed by atoms with Crippen LogP contribution in [-0.4, -0.2) is 33.6 Å². The van der Waals surface area contributed by atoms with Gasteiger partial charge in [0.2, 0.25) is 0 Å². The number of carbonyl (C=O) groups is 2. The first-order chi connectivity index (χ1) is 15.7. The zero-order valence-electron chi connectivity index (χ0n) is 18.2. The summed E-state index contributed by atoms with van der Waals surface area (Å²) in [6.07, 6.45) is -0.417. The molecule has 0 bridgehead atoms. The van der Waals surface area contributed by atoms with Crippen LogP contribution in [0, 0.1) is 13.8 Å². The van der Waals surface area contributed by atoms with Gasteiger partial charge in [-0.25, -0.2) is 13.2 Å². The highest BCUT2D eigenvalue weighted by Crippen LogP contribution is 2.24. The van der Waals surface area contributed by atoms with Gasteiger partial charge in [0.1, 0.15) is 6.61 Å². The Bertz CT molecular complexity index is 1320. The van der Waals surface area contributed by atoms with Crippen molar-refractivity contribution in [3.05, 3.63) is 83.4 Å². The Morgan fingerprint density at radius 2 is 1.73 bits per heavy atom. The SMILES string of the molecule is Cc1cccc(NS(=O)(=O)c2cc(NC(=O)c3ccc(N4CCOC4=O)cc3)ccc2C)c1. The van der Waals surface area contributed by atoms with E-state index in [4.69, 9.17) is 4.74 Å². The Morgan fingerprint density at radius 3 is 2.39 bits per heavy atom. The van der Waals surface area contributed by atoms with Gasteiger partial charge in [0.25, 0.3) is 15.9 Å². The Labute approximate surface area is 192 Å². The van der Waals surface area contributed by atoms with Crippen LogP contribution >= 0.6 is 0 Å². The van der Waals surface area contributed by atoms with Crippen molar-refractivity contribution < 1.29 is 22.7 Å². The number of sulfonamides is 1. The molecule has 1 aliphatic heterocycles. The van der Waals surface area contributed by atoms with E-state index in [9.17, 15) is 18.0 Å². The minimum Gasteiger partial charge on any atom is -0.447 e. The summed E-state index contributed by atoms with van der Waals surface area (Å²) in [6.45, 7) is 4.36. The van der Waals surface area contributed by atoms with Crippen LogP contribution in [0.1, 0.15) is 21.5 Å². The maximum atomic E-state index is 13.0. The van der Waals surface area contributed by atoms with Crippen molar-refractivity contribution in [1.29, 1.82) is 0 Å². The average molecular weight is 466 g/mol. The predicted octanol–water partition coefficient (Wildman–Crippen LogP) is 4.31. The first kappa shape index (κ1) is 22.3. The van der Waals surface area contributed by atoms with E-state index in [2.05, 4.69) is 10.0 Å². The summed E-state index contributed by atoms with van der Waals surface area (Å²) in [5.74, 6) is -0.399. The molecule has 0 saturated carbocycles. The molecule has 4 rings (SSSR count). The number of ether oxygens (including phenoxy) is 1. The lowest BCUT2D eigenvalue weighted by Crippen LogP contribution is -2.23. The third kappa shape index (κ3) is 4.98. The summed E-state index contributed by atoms with van der Waals surface area (Å²) in [4.78, 5) is 25.9. The van der Waals surface area contributed by atoms with E-state index >= 15 is 0 Å². The van der Waals surface area contributed by atoms with E-state index in [1.807, 2.05) is 13.0 Å². The van der Waals surface area contributed by atoms with Gasteiger partial charge in [-0.05, 0) is 73.5 Å². The van der Waals surface area contributed by atoms with Gasteiger partial charge >= 0.3 is 6.09 Å². The molecule has 3 aromatic rings. The molecular weight excluding hydrogens is 442 g/mol. The number of carbonyl (C=O) groups excluding carboxylic acids is 2. The van der Waals surface area contributed by atoms with Gasteiger partial charge in [-0.1, -0.05) is 18.2 Å². The van der Waals surface area contributed by atoms with Gasteiger partial charge in [0.15, 0.2) is 0 Å². The molecule has 1 heterocycles. The quantitative estimate of drug-likeness (QED) is 0.564. The Balaban J connectivity index is 1.51. The average Bonchev–Trinajstić information content (AvgIpc) is 3.20. The van der Waals surface area contributed by atoms with Gasteiger partial charge in [-0.2, -0.15) is 0 Å². The van der Waals surface area contributed by atoms with Crippen LogP contribution in [0.2, 0.25) is 0 Å². The van der Waals surface area contributed by atoms with Crippen molar-refractivity contribution in [2.24, 2.45) is 0 Å². The van der Waals surface area contributed by atoms with Crippen molar-refractivity contribution in [1.82, 2.24) is 0 Å². The number of rotatable bonds is 6. The molecule has 1 fully saturated rings. The van der Waals surface area contributed by atoms with E-state index in [1.54, 1.807) is 61.5 Å². The molecule has 170 valence electrons. The Hall–Kier alpha value is -3.85. The van der Waals surface area contributed by atoms with Crippen LogP contribution in [0.25, 0.3) is 0 Å². The Kier molecular flexibility index (Phi) is 6.06. The summed E-state index contributed by atoms with van der Waals surface area (Å²) < 4.78 is 33.4. The molecule has 0 atom stereocenters. The molecule has 0 aliphatic carbocycles. The molecule has 2 amide bonds. The lowest BCUT2D eigenvalue weighted by molar-refractivity contribution is 0.102. The molecule has 0 aromatic heterocycles. The monoisotopic (exact) mass is 465 g/mol. The van der Waals surface area contributed by atoms with Crippen molar-refractivity contribution >= 4 is 39.1 Å². The van der Waals surface area contributed by atoms with Crippen molar-refractivity contribution in [2.75, 3.05) is 28.1 Å². The van der Waals surface area contributed by atoms with Crippen molar-refractivity contribution in [3.8, 4) is 0 Å². The second-order valence-corrected chi connectivity index (χ2v) is 9.37. The first-order valence-electron chi connectivity index (χ1n) is 10.3. The lowest BCUT2D eigenvalue weighted by atomic mass is 10.1. The van der Waals surface area contributed by atoms with E-state index in [0.717, 1.165) is 5.56 Å². The van der Waals surface area contributed by atoms with E-state index in [-0.39, 0.29) is 4.90 Å². The number of hydrogen-bond donors (Lipinski definition) is 2. The molecular formula is C24H23N3O5S. The molecule has 1 saturated heterocycles. The van der Waals surface area contributed by atoms with Gasteiger partial charge in [-0.15, -0.1) is 0 Å². The zero-order valence-corrected chi connectivity index (χ0v) is 19.0. The number of amides is 2. The fourth-order valence-electron chi connectivity index (χ4n) is 3.51. The van der Waals surface area contributed by atoms with E-state index in [1.165, 1.54) is 11.0 Å². The maximum absolute atomic E-state index is 13.0. The number of hydrogen-bond acceptors (Lipinski definition) is 5. The molecule has 0 unspecified atom stereocenters. The molecule has 0 radical (unpaired) electrons. The summed E-state index contributed by atoms with van der Waals surface area (Å²) >= 11 is 0. The molecule has 2 N–H and O–H groups in total. The van der Waals surface area contributed by atoms with E-state index in [0.29, 0.717) is 41.3 Å². The number of aryl methyl sites for hydroxylation is 2. The van der Waals surface area contributed by atoms with Crippen LogP contribution in [0.3, 0.4) is 0 Å². The highest BCUT2D eigenvalue weighted by molar-refractivity contribution is 7.92.